The molecular formula is C17H22O5. The van der Waals surface area contributed by atoms with Gasteiger partial charge in [-0.05, 0) is 19.4 Å². The third-order valence-corrected chi connectivity index (χ3v) is 4.27. The van der Waals surface area contributed by atoms with E-state index in [-0.39, 0.29) is 24.6 Å². The van der Waals surface area contributed by atoms with E-state index >= 15 is 0 Å². The van der Waals surface area contributed by atoms with Crippen LogP contribution in [0.3, 0.4) is 0 Å². The molecule has 0 amide bonds. The number of hydrogen-bond acceptors (Lipinski definition) is 5. The SMILES string of the molecule is CC1(C)O[C@H]2O[C@H](CC3CO3)[C@H](OCc3ccccc3)[C@H]2O1. The lowest BCUT2D eigenvalue weighted by atomic mass is 10.1. The summed E-state index contributed by atoms with van der Waals surface area (Å²) in [6, 6.07) is 10.1. The average molecular weight is 306 g/mol. The maximum Gasteiger partial charge on any atom is 0.190 e. The lowest BCUT2D eigenvalue weighted by Crippen LogP contribution is -2.37. The Bertz CT molecular complexity index is 513. The molecule has 0 aromatic heterocycles. The van der Waals surface area contributed by atoms with Crippen molar-refractivity contribution >= 4 is 0 Å². The highest BCUT2D eigenvalue weighted by Crippen LogP contribution is 2.41. The van der Waals surface area contributed by atoms with Crippen molar-refractivity contribution < 1.29 is 23.7 Å². The number of fused-ring (bicyclic) bond motifs is 1. The topological polar surface area (TPSA) is 49.5 Å². The predicted octanol–water partition coefficient (Wildman–Crippen LogP) is 2.24. The van der Waals surface area contributed by atoms with E-state index in [9.17, 15) is 0 Å². The first kappa shape index (κ1) is 14.6. The molecule has 3 saturated heterocycles. The summed E-state index contributed by atoms with van der Waals surface area (Å²) in [5, 5.41) is 0. The van der Waals surface area contributed by atoms with Gasteiger partial charge in [-0.25, -0.2) is 0 Å². The van der Waals surface area contributed by atoms with Gasteiger partial charge in [0.15, 0.2) is 12.1 Å². The first-order valence-electron chi connectivity index (χ1n) is 7.89. The van der Waals surface area contributed by atoms with Crippen molar-refractivity contribution in [2.24, 2.45) is 0 Å². The van der Waals surface area contributed by atoms with Crippen LogP contribution in [0.1, 0.15) is 25.8 Å². The monoisotopic (exact) mass is 306 g/mol. The molecule has 0 spiro atoms. The molecule has 4 rings (SSSR count). The first-order valence-corrected chi connectivity index (χ1v) is 7.89. The fourth-order valence-corrected chi connectivity index (χ4v) is 3.17. The number of ether oxygens (including phenoxy) is 5. The Morgan fingerprint density at radius 3 is 2.68 bits per heavy atom. The fraction of sp³-hybridized carbons (Fsp3) is 0.647. The summed E-state index contributed by atoms with van der Waals surface area (Å²) in [4.78, 5) is 0. The summed E-state index contributed by atoms with van der Waals surface area (Å²) >= 11 is 0. The smallest absolute Gasteiger partial charge is 0.190 e. The van der Waals surface area contributed by atoms with Crippen LogP contribution >= 0.6 is 0 Å². The van der Waals surface area contributed by atoms with Gasteiger partial charge in [0.1, 0.15) is 12.2 Å². The van der Waals surface area contributed by atoms with Crippen LogP contribution in [0.25, 0.3) is 0 Å². The van der Waals surface area contributed by atoms with Gasteiger partial charge in [-0.3, -0.25) is 0 Å². The van der Waals surface area contributed by atoms with Crippen LogP contribution in [-0.2, 0) is 30.3 Å². The van der Waals surface area contributed by atoms with Crippen LogP contribution in [0.15, 0.2) is 30.3 Å². The highest BCUT2D eigenvalue weighted by Gasteiger charge is 2.56. The van der Waals surface area contributed by atoms with E-state index in [0.29, 0.717) is 12.7 Å². The second-order valence-corrected chi connectivity index (χ2v) is 6.60. The van der Waals surface area contributed by atoms with E-state index < -0.39 is 5.79 Å². The van der Waals surface area contributed by atoms with Crippen molar-refractivity contribution in [3.8, 4) is 0 Å². The molecule has 0 radical (unpaired) electrons. The van der Waals surface area contributed by atoms with Crippen LogP contribution in [0.4, 0.5) is 0 Å². The molecule has 5 heteroatoms. The summed E-state index contributed by atoms with van der Waals surface area (Å²) in [7, 11) is 0. The molecule has 0 saturated carbocycles. The maximum absolute atomic E-state index is 6.15. The van der Waals surface area contributed by atoms with E-state index in [4.69, 9.17) is 23.7 Å². The molecule has 3 heterocycles. The van der Waals surface area contributed by atoms with Crippen molar-refractivity contribution in [2.45, 2.75) is 63.4 Å². The van der Waals surface area contributed by atoms with Crippen LogP contribution < -0.4 is 0 Å². The lowest BCUT2D eigenvalue weighted by molar-refractivity contribution is -0.220. The Hall–Kier alpha value is -0.980. The molecule has 120 valence electrons. The summed E-state index contributed by atoms with van der Waals surface area (Å²) in [6.07, 6.45) is 0.430. The maximum atomic E-state index is 6.15. The van der Waals surface area contributed by atoms with E-state index in [0.717, 1.165) is 18.6 Å². The number of epoxide rings is 1. The zero-order chi connectivity index (χ0) is 15.2. The Morgan fingerprint density at radius 1 is 1.18 bits per heavy atom. The molecule has 3 aliphatic heterocycles. The molecule has 22 heavy (non-hydrogen) atoms. The minimum absolute atomic E-state index is 0.0395. The van der Waals surface area contributed by atoms with Crippen LogP contribution in [-0.4, -0.2) is 43.1 Å². The molecule has 0 N–H and O–H groups in total. The molecule has 5 atom stereocenters. The van der Waals surface area contributed by atoms with Crippen molar-refractivity contribution in [3.63, 3.8) is 0 Å². The van der Waals surface area contributed by atoms with Crippen LogP contribution in [0, 0.1) is 0 Å². The van der Waals surface area contributed by atoms with Gasteiger partial charge in [-0.15, -0.1) is 0 Å². The zero-order valence-electron chi connectivity index (χ0n) is 12.9. The Labute approximate surface area is 130 Å². The molecule has 1 aromatic rings. The molecule has 1 unspecified atom stereocenters. The van der Waals surface area contributed by atoms with Gasteiger partial charge in [0.25, 0.3) is 0 Å². The molecular weight excluding hydrogens is 284 g/mol. The van der Waals surface area contributed by atoms with Crippen LogP contribution in [0.2, 0.25) is 0 Å². The second kappa shape index (κ2) is 5.58. The molecule has 0 bridgehead atoms. The van der Waals surface area contributed by atoms with Crippen molar-refractivity contribution in [1.82, 2.24) is 0 Å². The second-order valence-electron chi connectivity index (χ2n) is 6.60. The normalized spacial score (nSPS) is 38.9. The highest BCUT2D eigenvalue weighted by molar-refractivity contribution is 5.13. The third-order valence-electron chi connectivity index (χ3n) is 4.27. The first-order chi connectivity index (χ1) is 10.6. The molecule has 0 aliphatic carbocycles. The fourth-order valence-electron chi connectivity index (χ4n) is 3.17. The Kier molecular flexibility index (Phi) is 3.71. The van der Waals surface area contributed by atoms with E-state index in [1.165, 1.54) is 0 Å². The summed E-state index contributed by atoms with van der Waals surface area (Å²) < 4.78 is 29.3. The van der Waals surface area contributed by atoms with Crippen LogP contribution in [0.5, 0.6) is 0 Å². The van der Waals surface area contributed by atoms with E-state index in [1.54, 1.807) is 0 Å². The minimum Gasteiger partial charge on any atom is -0.373 e. The largest absolute Gasteiger partial charge is 0.373 e. The summed E-state index contributed by atoms with van der Waals surface area (Å²) in [6.45, 7) is 5.17. The van der Waals surface area contributed by atoms with E-state index in [2.05, 4.69) is 12.1 Å². The van der Waals surface area contributed by atoms with Crippen molar-refractivity contribution in [2.75, 3.05) is 6.61 Å². The summed E-state index contributed by atoms with van der Waals surface area (Å²) in [5.74, 6) is -0.620. The molecule has 3 aliphatic rings. The molecule has 3 fully saturated rings. The molecule has 5 nitrogen and oxygen atoms in total. The number of benzene rings is 1. The van der Waals surface area contributed by atoms with Gasteiger partial charge in [0, 0.05) is 6.42 Å². The Balaban J connectivity index is 1.45. The standard InChI is InChI=1S/C17H22O5/c1-17(2)21-15-14(19-9-11-6-4-3-5-7-11)13(8-12-10-18-12)20-16(15)22-17/h3-7,12-16H,8-10H2,1-2H3/t12?,13-,14+,15-,16-/m1/s1. The highest BCUT2D eigenvalue weighted by atomic mass is 16.8. The molecule has 1 aromatic carbocycles. The zero-order valence-corrected chi connectivity index (χ0v) is 12.9. The average Bonchev–Trinajstić information content (AvgIpc) is 3.17. The minimum atomic E-state index is -0.620. The Morgan fingerprint density at radius 2 is 1.95 bits per heavy atom. The lowest BCUT2D eigenvalue weighted by Gasteiger charge is -2.25. The van der Waals surface area contributed by atoms with Gasteiger partial charge >= 0.3 is 0 Å². The number of hydrogen-bond donors (Lipinski definition) is 0. The number of rotatable bonds is 5. The van der Waals surface area contributed by atoms with Crippen molar-refractivity contribution in [1.29, 1.82) is 0 Å². The van der Waals surface area contributed by atoms with Gasteiger partial charge in [0.05, 0.1) is 25.4 Å². The van der Waals surface area contributed by atoms with Gasteiger partial charge in [-0.1, -0.05) is 30.3 Å². The van der Waals surface area contributed by atoms with Gasteiger partial charge in [0.2, 0.25) is 0 Å². The third kappa shape index (κ3) is 3.05. The predicted molar refractivity (Wildman–Crippen MR) is 78.1 cm³/mol. The summed E-state index contributed by atoms with van der Waals surface area (Å²) in [5.41, 5.74) is 1.14. The quantitative estimate of drug-likeness (QED) is 0.781. The van der Waals surface area contributed by atoms with Crippen molar-refractivity contribution in [3.05, 3.63) is 35.9 Å². The van der Waals surface area contributed by atoms with Gasteiger partial charge < -0.3 is 23.7 Å². The van der Waals surface area contributed by atoms with Gasteiger partial charge in [-0.2, -0.15) is 0 Å². The van der Waals surface area contributed by atoms with E-state index in [1.807, 2.05) is 32.0 Å².